The Bertz CT molecular complexity index is 1000. The number of amides is 1. The Kier molecular flexibility index (Phi) is 7.19. The molecule has 1 aliphatic rings. The van der Waals surface area contributed by atoms with Crippen molar-refractivity contribution in [3.8, 4) is 0 Å². The first-order valence-electron chi connectivity index (χ1n) is 9.60. The number of rotatable bonds is 7. The molecule has 8 nitrogen and oxygen atoms in total. The number of carbonyl (C=O) groups excluding carboxylic acids is 1. The van der Waals surface area contributed by atoms with Crippen LogP contribution < -0.4 is 10.0 Å². The second-order valence-corrected chi connectivity index (χ2v) is 9.82. The molecule has 2 atom stereocenters. The molecule has 11 heteroatoms. The Hall–Kier alpha value is -1.92. The summed E-state index contributed by atoms with van der Waals surface area (Å²) in [7, 11) is -3.80. The number of hydrogen-bond donors (Lipinski definition) is 2. The number of morpholine rings is 1. The third-order valence-electron chi connectivity index (χ3n) is 4.48. The molecule has 2 N–H and O–H groups in total. The average molecular weight is 457 g/mol. The van der Waals surface area contributed by atoms with E-state index in [9.17, 15) is 17.6 Å². The van der Waals surface area contributed by atoms with Gasteiger partial charge in [0.15, 0.2) is 5.13 Å². The molecule has 2 heterocycles. The van der Waals surface area contributed by atoms with Gasteiger partial charge in [0.25, 0.3) is 5.91 Å². The van der Waals surface area contributed by atoms with Crippen molar-refractivity contribution in [1.29, 1.82) is 0 Å². The number of nitrogens with zero attached hydrogens (tertiary/aromatic N) is 2. The minimum absolute atomic E-state index is 0.139. The van der Waals surface area contributed by atoms with E-state index in [-0.39, 0.29) is 29.2 Å². The number of hydrogen-bond acceptors (Lipinski definition) is 7. The zero-order chi connectivity index (χ0) is 21.9. The summed E-state index contributed by atoms with van der Waals surface area (Å²) in [6.45, 7) is 8.07. The van der Waals surface area contributed by atoms with E-state index in [0.717, 1.165) is 37.0 Å². The molecule has 0 aliphatic carbocycles. The predicted molar refractivity (Wildman–Crippen MR) is 113 cm³/mol. The highest BCUT2D eigenvalue weighted by Crippen LogP contribution is 2.21. The van der Waals surface area contributed by atoms with E-state index in [2.05, 4.69) is 19.9 Å². The molecular formula is C19H25FN4O4S2. The van der Waals surface area contributed by atoms with Crippen molar-refractivity contribution in [3.63, 3.8) is 0 Å². The van der Waals surface area contributed by atoms with Gasteiger partial charge in [-0.2, -0.15) is 0 Å². The Balaban J connectivity index is 1.70. The summed E-state index contributed by atoms with van der Waals surface area (Å²) in [6, 6.07) is 3.11. The summed E-state index contributed by atoms with van der Waals surface area (Å²) in [5, 5.41) is 4.71. The van der Waals surface area contributed by atoms with Crippen molar-refractivity contribution in [2.45, 2.75) is 44.4 Å². The van der Waals surface area contributed by atoms with Crippen LogP contribution in [-0.4, -0.2) is 56.1 Å². The van der Waals surface area contributed by atoms with Crippen molar-refractivity contribution in [1.82, 2.24) is 14.6 Å². The van der Waals surface area contributed by atoms with Crippen LogP contribution in [0.15, 0.2) is 28.5 Å². The lowest BCUT2D eigenvalue weighted by Gasteiger charge is -2.34. The van der Waals surface area contributed by atoms with Gasteiger partial charge in [-0.15, -0.1) is 11.3 Å². The fourth-order valence-corrected chi connectivity index (χ4v) is 5.13. The van der Waals surface area contributed by atoms with Crippen molar-refractivity contribution >= 4 is 32.4 Å². The monoisotopic (exact) mass is 456 g/mol. The lowest BCUT2D eigenvalue weighted by molar-refractivity contribution is -0.0707. The van der Waals surface area contributed by atoms with E-state index in [1.165, 1.54) is 11.3 Å². The van der Waals surface area contributed by atoms with Crippen LogP contribution in [0, 0.1) is 5.82 Å². The van der Waals surface area contributed by atoms with Crippen molar-refractivity contribution in [2.75, 3.05) is 25.0 Å². The molecule has 1 aliphatic heterocycles. The van der Waals surface area contributed by atoms with Crippen LogP contribution >= 0.6 is 11.3 Å². The smallest absolute Gasteiger partial charge is 0.260 e. The molecule has 1 amide bonds. The molecule has 0 radical (unpaired) electrons. The normalized spacial score (nSPS) is 20.3. The number of aromatic nitrogens is 1. The van der Waals surface area contributed by atoms with E-state index in [1.807, 2.05) is 19.2 Å². The quantitative estimate of drug-likeness (QED) is 0.664. The maximum atomic E-state index is 14.2. The maximum Gasteiger partial charge on any atom is 0.260 e. The Labute approximate surface area is 179 Å². The number of halogens is 1. The predicted octanol–water partition coefficient (Wildman–Crippen LogP) is 2.44. The fraction of sp³-hybridized carbons (Fsp3) is 0.474. The maximum absolute atomic E-state index is 14.2. The number of sulfonamides is 1. The van der Waals surface area contributed by atoms with Gasteiger partial charge in [-0.05, 0) is 32.0 Å². The van der Waals surface area contributed by atoms with Crippen LogP contribution in [0.3, 0.4) is 0 Å². The van der Waals surface area contributed by atoms with Crippen molar-refractivity contribution in [3.05, 3.63) is 40.7 Å². The summed E-state index contributed by atoms with van der Waals surface area (Å²) in [6.07, 6.45) is 0.278. The molecule has 0 saturated carbocycles. The zero-order valence-electron chi connectivity index (χ0n) is 17.0. The number of nitrogens with one attached hydrogen (secondary N) is 2. The van der Waals surface area contributed by atoms with Gasteiger partial charge >= 0.3 is 0 Å². The minimum atomic E-state index is -3.80. The average Bonchev–Trinajstić information content (AvgIpc) is 3.07. The fourth-order valence-electron chi connectivity index (χ4n) is 3.36. The molecule has 1 fully saturated rings. The summed E-state index contributed by atoms with van der Waals surface area (Å²) in [5.74, 6) is -1.56. The summed E-state index contributed by atoms with van der Waals surface area (Å²) in [4.78, 5) is 19.0. The lowest BCUT2D eigenvalue weighted by atomic mass is 10.2. The molecule has 3 rings (SSSR count). The third-order valence-corrected chi connectivity index (χ3v) is 6.83. The Morgan fingerprint density at radius 3 is 2.70 bits per heavy atom. The molecule has 0 spiro atoms. The van der Waals surface area contributed by atoms with E-state index in [1.54, 1.807) is 6.92 Å². The van der Waals surface area contributed by atoms with Crippen LogP contribution in [0.2, 0.25) is 0 Å². The Morgan fingerprint density at radius 1 is 1.33 bits per heavy atom. The van der Waals surface area contributed by atoms with E-state index in [4.69, 9.17) is 4.74 Å². The summed E-state index contributed by atoms with van der Waals surface area (Å²) >= 11 is 1.23. The van der Waals surface area contributed by atoms with Gasteiger partial charge in [-0.1, -0.05) is 6.92 Å². The van der Waals surface area contributed by atoms with Crippen LogP contribution in [0.25, 0.3) is 0 Å². The van der Waals surface area contributed by atoms with Crippen molar-refractivity contribution in [2.24, 2.45) is 0 Å². The van der Waals surface area contributed by atoms with Crippen molar-refractivity contribution < 1.29 is 22.3 Å². The number of ether oxygens (including phenoxy) is 1. The molecule has 30 heavy (non-hydrogen) atoms. The second-order valence-electron chi connectivity index (χ2n) is 7.19. The van der Waals surface area contributed by atoms with Crippen LogP contribution in [0.5, 0.6) is 0 Å². The zero-order valence-corrected chi connectivity index (χ0v) is 18.6. The van der Waals surface area contributed by atoms with Gasteiger partial charge in [0.2, 0.25) is 10.0 Å². The van der Waals surface area contributed by atoms with Gasteiger partial charge in [-0.3, -0.25) is 15.0 Å². The molecule has 1 saturated heterocycles. The van der Waals surface area contributed by atoms with E-state index >= 15 is 0 Å². The standard InChI is InChI=1S/C19H25FN4O4S2/c1-4-21-30(26,27)15-5-6-17(20)16(7-15)18(25)23-19-22-14(11-29-19)10-24-8-12(2)28-13(3)9-24/h5-7,11-13,21H,4,8-10H2,1-3H3,(H,22,23,25). The number of benzene rings is 1. The molecule has 1 aromatic carbocycles. The van der Waals surface area contributed by atoms with Crippen LogP contribution in [0.1, 0.15) is 36.8 Å². The first-order chi connectivity index (χ1) is 14.2. The molecule has 0 bridgehead atoms. The highest BCUT2D eigenvalue weighted by molar-refractivity contribution is 7.89. The lowest BCUT2D eigenvalue weighted by Crippen LogP contribution is -2.44. The van der Waals surface area contributed by atoms with E-state index < -0.39 is 21.7 Å². The molecule has 1 aromatic heterocycles. The SMILES string of the molecule is CCNS(=O)(=O)c1ccc(F)c(C(=O)Nc2nc(CN3CC(C)OC(C)C3)cs2)c1. The highest BCUT2D eigenvalue weighted by Gasteiger charge is 2.23. The van der Waals surface area contributed by atoms with Crippen LogP contribution in [0.4, 0.5) is 9.52 Å². The summed E-state index contributed by atoms with van der Waals surface area (Å²) < 4.78 is 46.5. The largest absolute Gasteiger partial charge is 0.373 e. The molecular weight excluding hydrogens is 431 g/mol. The number of thiazole rings is 1. The molecule has 2 aromatic rings. The van der Waals surface area contributed by atoms with E-state index in [0.29, 0.717) is 11.7 Å². The van der Waals surface area contributed by atoms with Gasteiger partial charge in [-0.25, -0.2) is 22.5 Å². The summed E-state index contributed by atoms with van der Waals surface area (Å²) in [5.41, 5.74) is 0.433. The minimum Gasteiger partial charge on any atom is -0.373 e. The Morgan fingerprint density at radius 2 is 2.03 bits per heavy atom. The van der Waals surface area contributed by atoms with Gasteiger partial charge in [0.05, 0.1) is 28.4 Å². The van der Waals surface area contributed by atoms with Gasteiger partial charge in [0.1, 0.15) is 5.82 Å². The highest BCUT2D eigenvalue weighted by atomic mass is 32.2. The van der Waals surface area contributed by atoms with Crippen LogP contribution in [-0.2, 0) is 21.3 Å². The first kappa shape index (κ1) is 22.8. The van der Waals surface area contributed by atoms with Gasteiger partial charge < -0.3 is 4.74 Å². The third kappa shape index (κ3) is 5.61. The second kappa shape index (κ2) is 9.48. The molecule has 164 valence electrons. The number of anilines is 1. The molecule has 2 unspecified atom stereocenters. The van der Waals surface area contributed by atoms with Gasteiger partial charge in [0, 0.05) is 31.6 Å². The first-order valence-corrected chi connectivity index (χ1v) is 12.0. The topological polar surface area (TPSA) is 101 Å². The number of carbonyl (C=O) groups is 1.